The molecule has 1 saturated heterocycles. The highest BCUT2D eigenvalue weighted by molar-refractivity contribution is 6.03. The van der Waals surface area contributed by atoms with Crippen molar-refractivity contribution in [2.45, 2.75) is 13.3 Å². The fourth-order valence-electron chi connectivity index (χ4n) is 4.01. The number of aromatic amines is 1. The van der Waals surface area contributed by atoms with E-state index >= 15 is 0 Å². The minimum absolute atomic E-state index is 0.0756. The van der Waals surface area contributed by atoms with Crippen molar-refractivity contribution in [3.05, 3.63) is 52.6 Å². The van der Waals surface area contributed by atoms with Crippen LogP contribution in [-0.2, 0) is 16.6 Å². The molecule has 1 aliphatic rings. The Balaban J connectivity index is 1.40. The summed E-state index contributed by atoms with van der Waals surface area (Å²) in [5.74, 6) is 0.0671. The number of amides is 2. The van der Waals surface area contributed by atoms with E-state index in [1.807, 2.05) is 0 Å². The number of methoxy groups -OCH3 is 1. The highest BCUT2D eigenvalue weighted by Crippen LogP contribution is 2.29. The van der Waals surface area contributed by atoms with Gasteiger partial charge in [0, 0.05) is 37.8 Å². The number of hydrogen-bond donors (Lipinski definition) is 2. The molecule has 3 aromatic heterocycles. The Kier molecular flexibility index (Phi) is 5.11. The van der Waals surface area contributed by atoms with Crippen molar-refractivity contribution < 1.29 is 14.3 Å². The molecule has 1 unspecified atom stereocenters. The molecule has 1 aliphatic heterocycles. The van der Waals surface area contributed by atoms with Crippen LogP contribution in [0.2, 0.25) is 0 Å². The highest BCUT2D eigenvalue weighted by atomic mass is 16.5. The lowest BCUT2D eigenvalue weighted by atomic mass is 10.1. The van der Waals surface area contributed by atoms with E-state index in [-0.39, 0.29) is 36.3 Å². The molecule has 34 heavy (non-hydrogen) atoms. The van der Waals surface area contributed by atoms with Crippen LogP contribution in [0.3, 0.4) is 0 Å². The first-order valence-corrected chi connectivity index (χ1v) is 10.6. The van der Waals surface area contributed by atoms with Gasteiger partial charge in [-0.1, -0.05) is 6.07 Å². The highest BCUT2D eigenvalue weighted by Gasteiger charge is 2.35. The summed E-state index contributed by atoms with van der Waals surface area (Å²) < 4.78 is 8.08. The second-order valence-corrected chi connectivity index (χ2v) is 8.07. The number of aromatic nitrogens is 6. The van der Waals surface area contributed by atoms with Crippen LogP contribution in [0, 0.1) is 12.8 Å². The zero-order valence-electron chi connectivity index (χ0n) is 18.8. The number of H-pyrrole nitrogens is 1. The number of anilines is 2. The van der Waals surface area contributed by atoms with Crippen LogP contribution in [0.1, 0.15) is 12.1 Å². The Morgan fingerprint density at radius 1 is 1.26 bits per heavy atom. The van der Waals surface area contributed by atoms with Crippen LogP contribution in [0.15, 0.2) is 41.3 Å². The zero-order valence-corrected chi connectivity index (χ0v) is 18.8. The van der Waals surface area contributed by atoms with Crippen LogP contribution in [-0.4, -0.2) is 55.0 Å². The normalized spacial score (nSPS) is 15.8. The summed E-state index contributed by atoms with van der Waals surface area (Å²) in [5.41, 5.74) is 1.31. The molecule has 4 aromatic rings. The van der Waals surface area contributed by atoms with Crippen LogP contribution in [0.4, 0.5) is 11.5 Å². The van der Waals surface area contributed by atoms with Gasteiger partial charge in [0.15, 0.2) is 5.65 Å². The lowest BCUT2D eigenvalue weighted by Gasteiger charge is -2.17. The van der Waals surface area contributed by atoms with Crippen molar-refractivity contribution in [2.24, 2.45) is 13.0 Å². The SMILES string of the molecule is COc1cccc(N2CC(C(=O)Nc3cc(C)nn3-c3nc4c(cnn4C)c(=O)[nH]3)CC2=O)c1. The summed E-state index contributed by atoms with van der Waals surface area (Å²) in [4.78, 5) is 46.9. The molecule has 1 atom stereocenters. The predicted octanol–water partition coefficient (Wildman–Crippen LogP) is 1.15. The quantitative estimate of drug-likeness (QED) is 0.453. The Labute approximate surface area is 193 Å². The molecule has 2 amide bonds. The summed E-state index contributed by atoms with van der Waals surface area (Å²) in [5, 5.41) is 11.6. The number of ether oxygens (including phenoxy) is 1. The third kappa shape index (κ3) is 3.68. The fourth-order valence-corrected chi connectivity index (χ4v) is 4.01. The lowest BCUT2D eigenvalue weighted by Crippen LogP contribution is -2.28. The molecule has 4 heterocycles. The molecule has 12 nitrogen and oxygen atoms in total. The molecule has 174 valence electrons. The van der Waals surface area contributed by atoms with Crippen LogP contribution in [0.5, 0.6) is 5.75 Å². The maximum atomic E-state index is 13.1. The number of aryl methyl sites for hydroxylation is 2. The monoisotopic (exact) mass is 462 g/mol. The predicted molar refractivity (Wildman–Crippen MR) is 123 cm³/mol. The van der Waals surface area contributed by atoms with Gasteiger partial charge in [0.25, 0.3) is 5.56 Å². The van der Waals surface area contributed by atoms with E-state index in [0.717, 1.165) is 0 Å². The van der Waals surface area contributed by atoms with E-state index < -0.39 is 5.92 Å². The van der Waals surface area contributed by atoms with Gasteiger partial charge in [0.2, 0.25) is 17.8 Å². The van der Waals surface area contributed by atoms with Crippen molar-refractivity contribution >= 4 is 34.4 Å². The third-order valence-electron chi connectivity index (χ3n) is 5.73. The number of carbonyl (C=O) groups excluding carboxylic acids is 2. The van der Waals surface area contributed by atoms with Crippen molar-refractivity contribution in [1.82, 2.24) is 29.5 Å². The van der Waals surface area contributed by atoms with Gasteiger partial charge in [-0.15, -0.1) is 0 Å². The fraction of sp³-hybridized carbons (Fsp3) is 0.273. The molecule has 5 rings (SSSR count). The van der Waals surface area contributed by atoms with Gasteiger partial charge in [0.1, 0.15) is 17.0 Å². The van der Waals surface area contributed by atoms with E-state index in [0.29, 0.717) is 34.0 Å². The number of fused-ring (bicyclic) bond motifs is 1. The molecule has 1 aromatic carbocycles. The summed E-state index contributed by atoms with van der Waals surface area (Å²) in [6.45, 7) is 2.00. The van der Waals surface area contributed by atoms with Crippen LogP contribution in [0.25, 0.3) is 17.0 Å². The van der Waals surface area contributed by atoms with E-state index in [9.17, 15) is 14.4 Å². The molecule has 0 radical (unpaired) electrons. The van der Waals surface area contributed by atoms with Crippen LogP contribution < -0.4 is 20.5 Å². The molecule has 0 aliphatic carbocycles. The Morgan fingerprint density at radius 2 is 2.09 bits per heavy atom. The first-order chi connectivity index (χ1) is 16.3. The number of nitrogens with one attached hydrogen (secondary N) is 2. The van der Waals surface area contributed by atoms with Gasteiger partial charge >= 0.3 is 0 Å². The molecular weight excluding hydrogens is 440 g/mol. The molecular formula is C22H22N8O4. The maximum absolute atomic E-state index is 13.1. The van der Waals surface area contributed by atoms with Crippen molar-refractivity contribution in [1.29, 1.82) is 0 Å². The minimum Gasteiger partial charge on any atom is -0.497 e. The van der Waals surface area contributed by atoms with Crippen molar-refractivity contribution in [3.8, 4) is 11.7 Å². The number of nitrogens with zero attached hydrogens (tertiary/aromatic N) is 6. The first-order valence-electron chi connectivity index (χ1n) is 10.6. The number of carbonyl (C=O) groups is 2. The van der Waals surface area contributed by atoms with Gasteiger partial charge in [-0.3, -0.25) is 24.0 Å². The van der Waals surface area contributed by atoms with Gasteiger partial charge in [0.05, 0.1) is 24.9 Å². The molecule has 12 heteroatoms. The van der Waals surface area contributed by atoms with Crippen molar-refractivity contribution in [3.63, 3.8) is 0 Å². The molecule has 1 fully saturated rings. The maximum Gasteiger partial charge on any atom is 0.263 e. The van der Waals surface area contributed by atoms with Crippen molar-refractivity contribution in [2.75, 3.05) is 23.9 Å². The van der Waals surface area contributed by atoms with Gasteiger partial charge in [-0.05, 0) is 19.1 Å². The van der Waals surface area contributed by atoms with E-state index in [4.69, 9.17) is 4.74 Å². The Bertz CT molecular complexity index is 1480. The topological polar surface area (TPSA) is 140 Å². The van der Waals surface area contributed by atoms with Gasteiger partial charge in [-0.2, -0.15) is 19.9 Å². The van der Waals surface area contributed by atoms with Gasteiger partial charge < -0.3 is 15.0 Å². The smallest absolute Gasteiger partial charge is 0.263 e. The number of benzene rings is 1. The average Bonchev–Trinajstić information content (AvgIpc) is 3.51. The van der Waals surface area contributed by atoms with E-state index in [1.165, 1.54) is 15.6 Å². The third-order valence-corrected chi connectivity index (χ3v) is 5.73. The number of hydrogen-bond acceptors (Lipinski definition) is 7. The van der Waals surface area contributed by atoms with E-state index in [1.54, 1.807) is 56.3 Å². The summed E-state index contributed by atoms with van der Waals surface area (Å²) in [7, 11) is 3.24. The standard InChI is InChI=1S/C22H22N8O4/c1-12-7-17(30(27-12)22-25-19-16(21(33)26-22)10-23-28(19)2)24-20(32)13-8-18(31)29(11-13)14-5-4-6-15(9-14)34-3/h4-7,9-10,13H,8,11H2,1-3H3,(H,24,32)(H,25,26,33). The summed E-state index contributed by atoms with van der Waals surface area (Å²) in [6, 6.07) is 8.81. The van der Waals surface area contributed by atoms with Crippen LogP contribution >= 0.6 is 0 Å². The zero-order chi connectivity index (χ0) is 24.0. The molecule has 2 N–H and O–H groups in total. The lowest BCUT2D eigenvalue weighted by molar-refractivity contribution is -0.122. The second-order valence-electron chi connectivity index (χ2n) is 8.07. The minimum atomic E-state index is -0.561. The second kappa shape index (κ2) is 8.14. The molecule has 0 spiro atoms. The largest absolute Gasteiger partial charge is 0.497 e. The first kappa shape index (κ1) is 21.4. The molecule has 0 saturated carbocycles. The Morgan fingerprint density at radius 3 is 2.88 bits per heavy atom. The average molecular weight is 462 g/mol. The summed E-state index contributed by atoms with van der Waals surface area (Å²) >= 11 is 0. The van der Waals surface area contributed by atoms with Gasteiger partial charge in [-0.25, -0.2) is 0 Å². The van der Waals surface area contributed by atoms with E-state index in [2.05, 4.69) is 25.5 Å². The number of rotatable bonds is 5. The summed E-state index contributed by atoms with van der Waals surface area (Å²) in [6.07, 6.45) is 1.51. The molecule has 0 bridgehead atoms. The Hall–Kier alpha value is -4.48.